The highest BCUT2D eigenvalue weighted by Crippen LogP contribution is 2.32. The Morgan fingerprint density at radius 2 is 2.00 bits per heavy atom. The molecule has 0 saturated carbocycles. The molecule has 1 aromatic carbocycles. The molecule has 0 spiro atoms. The van der Waals surface area contributed by atoms with E-state index in [0.717, 1.165) is 24.8 Å². The van der Waals surface area contributed by atoms with Gasteiger partial charge in [0.2, 0.25) is 0 Å². The minimum absolute atomic E-state index is 0.115. The number of allylic oxidation sites excluding steroid dienone is 2. The summed E-state index contributed by atoms with van der Waals surface area (Å²) in [5.41, 5.74) is 1.58. The second-order valence-corrected chi connectivity index (χ2v) is 4.19. The summed E-state index contributed by atoms with van der Waals surface area (Å²) < 4.78 is 18.5. The van der Waals surface area contributed by atoms with Crippen LogP contribution in [0.2, 0.25) is 0 Å². The van der Waals surface area contributed by atoms with Gasteiger partial charge in [-0.05, 0) is 49.1 Å². The van der Waals surface area contributed by atoms with Crippen LogP contribution in [0.1, 0.15) is 31.2 Å². The Balaban J connectivity index is 2.44. The van der Waals surface area contributed by atoms with Gasteiger partial charge in [0, 0.05) is 12.0 Å². The van der Waals surface area contributed by atoms with Crippen LogP contribution in [-0.2, 0) is 4.79 Å². The number of carbonyl (C=O) groups is 1. The van der Waals surface area contributed by atoms with Gasteiger partial charge >= 0.3 is 0 Å². The van der Waals surface area contributed by atoms with Gasteiger partial charge in [0.05, 0.1) is 7.11 Å². The van der Waals surface area contributed by atoms with Crippen LogP contribution < -0.4 is 4.74 Å². The maximum absolute atomic E-state index is 13.3. The third kappa shape index (κ3) is 2.73. The molecule has 0 fully saturated rings. The van der Waals surface area contributed by atoms with E-state index < -0.39 is 0 Å². The minimum atomic E-state index is -0.307. The van der Waals surface area contributed by atoms with E-state index in [9.17, 15) is 9.18 Å². The number of ketones is 1. The second-order valence-electron chi connectivity index (χ2n) is 4.19. The van der Waals surface area contributed by atoms with E-state index in [-0.39, 0.29) is 11.6 Å². The molecule has 0 radical (unpaired) electrons. The zero-order valence-corrected chi connectivity index (χ0v) is 9.83. The van der Waals surface area contributed by atoms with Gasteiger partial charge in [-0.2, -0.15) is 0 Å². The number of halogens is 1. The van der Waals surface area contributed by atoms with E-state index in [1.807, 2.05) is 0 Å². The molecule has 0 bridgehead atoms. The third-order valence-corrected chi connectivity index (χ3v) is 2.96. The molecule has 0 N–H and O–H groups in total. The van der Waals surface area contributed by atoms with Crippen molar-refractivity contribution >= 4 is 11.4 Å². The molecule has 3 heteroatoms. The summed E-state index contributed by atoms with van der Waals surface area (Å²) in [6, 6.07) is 4.39. The molecule has 1 aliphatic rings. The van der Waals surface area contributed by atoms with Crippen LogP contribution in [0.4, 0.5) is 4.39 Å². The Labute approximate surface area is 100 Å². The lowest BCUT2D eigenvalue weighted by Crippen LogP contribution is -1.95. The summed E-state index contributed by atoms with van der Waals surface area (Å²) in [5, 5.41) is 0. The van der Waals surface area contributed by atoms with Crippen molar-refractivity contribution in [2.75, 3.05) is 7.11 Å². The molecular formula is C14H15FO2. The SMILES string of the molecule is COc1ccc(F)cc1C1=CC(=O)CCCC1. The molecule has 90 valence electrons. The fraction of sp³-hybridized carbons (Fsp3) is 0.357. The van der Waals surface area contributed by atoms with Crippen LogP contribution in [0.5, 0.6) is 5.75 Å². The highest BCUT2D eigenvalue weighted by molar-refractivity contribution is 5.97. The van der Waals surface area contributed by atoms with Crippen LogP contribution >= 0.6 is 0 Å². The monoisotopic (exact) mass is 234 g/mol. The first-order valence-corrected chi connectivity index (χ1v) is 5.78. The third-order valence-electron chi connectivity index (χ3n) is 2.96. The molecule has 0 atom stereocenters. The van der Waals surface area contributed by atoms with E-state index in [4.69, 9.17) is 4.74 Å². The van der Waals surface area contributed by atoms with Gasteiger partial charge in [0.15, 0.2) is 5.78 Å². The Morgan fingerprint density at radius 1 is 1.24 bits per heavy atom. The second kappa shape index (κ2) is 5.13. The fourth-order valence-electron chi connectivity index (χ4n) is 2.10. The molecule has 0 unspecified atom stereocenters. The maximum atomic E-state index is 13.3. The lowest BCUT2D eigenvalue weighted by atomic mass is 10.00. The van der Waals surface area contributed by atoms with Crippen LogP contribution in [0, 0.1) is 5.82 Å². The summed E-state index contributed by atoms with van der Waals surface area (Å²) >= 11 is 0. The first-order chi connectivity index (χ1) is 8.20. The van der Waals surface area contributed by atoms with Crippen molar-refractivity contribution in [3.8, 4) is 5.75 Å². The number of methoxy groups -OCH3 is 1. The van der Waals surface area contributed by atoms with E-state index in [0.29, 0.717) is 17.7 Å². The normalized spacial score (nSPS) is 16.4. The summed E-state index contributed by atoms with van der Waals surface area (Å²) in [7, 11) is 1.55. The standard InChI is InChI=1S/C14H15FO2/c1-17-14-7-6-11(15)9-13(14)10-4-2-3-5-12(16)8-10/h6-9H,2-5H2,1H3. The molecule has 0 saturated heterocycles. The number of hydrogen-bond acceptors (Lipinski definition) is 2. The number of benzene rings is 1. The number of ether oxygens (including phenoxy) is 1. The van der Waals surface area contributed by atoms with Gasteiger partial charge in [-0.1, -0.05) is 0 Å². The summed E-state index contributed by atoms with van der Waals surface area (Å²) in [6.07, 6.45) is 4.87. The van der Waals surface area contributed by atoms with Gasteiger partial charge in [0.1, 0.15) is 11.6 Å². The van der Waals surface area contributed by atoms with Crippen molar-refractivity contribution in [3.05, 3.63) is 35.7 Å². The predicted molar refractivity (Wildman–Crippen MR) is 64.4 cm³/mol. The average molecular weight is 234 g/mol. The maximum Gasteiger partial charge on any atom is 0.155 e. The molecule has 0 amide bonds. The van der Waals surface area contributed by atoms with Crippen molar-refractivity contribution < 1.29 is 13.9 Å². The average Bonchev–Trinajstić information content (AvgIpc) is 2.54. The van der Waals surface area contributed by atoms with Gasteiger partial charge in [-0.15, -0.1) is 0 Å². The molecule has 0 heterocycles. The van der Waals surface area contributed by atoms with Crippen molar-refractivity contribution in [2.45, 2.75) is 25.7 Å². The lowest BCUT2D eigenvalue weighted by Gasteiger charge is -2.11. The largest absolute Gasteiger partial charge is 0.496 e. The Morgan fingerprint density at radius 3 is 2.76 bits per heavy atom. The zero-order chi connectivity index (χ0) is 12.3. The van der Waals surface area contributed by atoms with E-state index in [1.165, 1.54) is 12.1 Å². The quantitative estimate of drug-likeness (QED) is 0.784. The minimum Gasteiger partial charge on any atom is -0.496 e. The first kappa shape index (κ1) is 11.8. The van der Waals surface area contributed by atoms with Gasteiger partial charge in [-0.3, -0.25) is 4.79 Å². The highest BCUT2D eigenvalue weighted by Gasteiger charge is 2.14. The lowest BCUT2D eigenvalue weighted by molar-refractivity contribution is -0.114. The van der Waals surface area contributed by atoms with Crippen LogP contribution in [-0.4, -0.2) is 12.9 Å². The van der Waals surface area contributed by atoms with Crippen molar-refractivity contribution in [1.29, 1.82) is 0 Å². The molecule has 0 aromatic heterocycles. The molecule has 1 aliphatic carbocycles. The van der Waals surface area contributed by atoms with Gasteiger partial charge < -0.3 is 4.74 Å². The Bertz CT molecular complexity index is 463. The fourth-order valence-corrected chi connectivity index (χ4v) is 2.10. The first-order valence-electron chi connectivity index (χ1n) is 5.78. The molecule has 0 aliphatic heterocycles. The summed E-state index contributed by atoms with van der Waals surface area (Å²) in [5.74, 6) is 0.426. The number of rotatable bonds is 2. The van der Waals surface area contributed by atoms with E-state index in [2.05, 4.69) is 0 Å². The Kier molecular flexibility index (Phi) is 3.57. The molecule has 2 nitrogen and oxygen atoms in total. The van der Waals surface area contributed by atoms with Crippen molar-refractivity contribution in [3.63, 3.8) is 0 Å². The predicted octanol–water partition coefficient (Wildman–Crippen LogP) is 3.36. The zero-order valence-electron chi connectivity index (χ0n) is 9.83. The number of hydrogen-bond donors (Lipinski definition) is 0. The summed E-state index contributed by atoms with van der Waals surface area (Å²) in [4.78, 5) is 11.5. The molecule has 2 rings (SSSR count). The van der Waals surface area contributed by atoms with Crippen LogP contribution in [0.15, 0.2) is 24.3 Å². The molecular weight excluding hydrogens is 219 g/mol. The van der Waals surface area contributed by atoms with Gasteiger partial charge in [0.25, 0.3) is 0 Å². The molecule has 17 heavy (non-hydrogen) atoms. The smallest absolute Gasteiger partial charge is 0.155 e. The molecule has 1 aromatic rings. The van der Waals surface area contributed by atoms with E-state index in [1.54, 1.807) is 19.3 Å². The van der Waals surface area contributed by atoms with E-state index >= 15 is 0 Å². The number of carbonyl (C=O) groups excluding carboxylic acids is 1. The topological polar surface area (TPSA) is 26.3 Å². The van der Waals surface area contributed by atoms with Gasteiger partial charge in [-0.25, -0.2) is 4.39 Å². The van der Waals surface area contributed by atoms with Crippen LogP contribution in [0.3, 0.4) is 0 Å². The van der Waals surface area contributed by atoms with Crippen molar-refractivity contribution in [1.82, 2.24) is 0 Å². The highest BCUT2D eigenvalue weighted by atomic mass is 19.1. The summed E-state index contributed by atoms with van der Waals surface area (Å²) in [6.45, 7) is 0. The van der Waals surface area contributed by atoms with Crippen LogP contribution in [0.25, 0.3) is 5.57 Å². The van der Waals surface area contributed by atoms with Crippen molar-refractivity contribution in [2.24, 2.45) is 0 Å². The Hall–Kier alpha value is -1.64.